The molecule has 1 unspecified atom stereocenters. The number of thiophene rings is 1. The maximum atomic E-state index is 9.62. The van der Waals surface area contributed by atoms with E-state index in [2.05, 4.69) is 10.1 Å². The van der Waals surface area contributed by atoms with Crippen LogP contribution >= 0.6 is 11.3 Å². The molecule has 86 valence electrons. The zero-order valence-corrected chi connectivity index (χ0v) is 9.91. The summed E-state index contributed by atoms with van der Waals surface area (Å²) in [6.07, 6.45) is 1.76. The van der Waals surface area contributed by atoms with Gasteiger partial charge in [0.1, 0.15) is 0 Å². The molecule has 5 heteroatoms. The molecule has 0 aromatic carbocycles. The molecule has 1 N–H and O–H groups in total. The zero-order chi connectivity index (χ0) is 11.4. The van der Waals surface area contributed by atoms with Crippen molar-refractivity contribution in [2.24, 2.45) is 0 Å². The van der Waals surface area contributed by atoms with Gasteiger partial charge in [0.2, 0.25) is 11.7 Å². The van der Waals surface area contributed by atoms with Crippen LogP contribution in [0.1, 0.15) is 25.7 Å². The molecule has 4 nitrogen and oxygen atoms in total. The number of aromatic nitrogens is 2. The monoisotopic (exact) mass is 238 g/mol. The molecule has 0 aliphatic heterocycles. The Labute approximate surface area is 97.9 Å². The van der Waals surface area contributed by atoms with E-state index in [0.29, 0.717) is 18.1 Å². The second kappa shape index (κ2) is 5.23. The molecule has 0 bridgehead atoms. The van der Waals surface area contributed by atoms with Gasteiger partial charge in [-0.1, -0.05) is 24.6 Å². The molecule has 2 aromatic rings. The highest BCUT2D eigenvalue weighted by Crippen LogP contribution is 2.21. The summed E-state index contributed by atoms with van der Waals surface area (Å²) in [5.41, 5.74) is 0. The van der Waals surface area contributed by atoms with Crippen LogP contribution in [0, 0.1) is 0 Å². The van der Waals surface area contributed by atoms with E-state index in [-0.39, 0.29) is 6.10 Å². The minimum absolute atomic E-state index is 0.387. The molecule has 0 saturated carbocycles. The fraction of sp³-hybridized carbons (Fsp3) is 0.455. The Bertz CT molecular complexity index is 425. The molecule has 0 spiro atoms. The van der Waals surface area contributed by atoms with Gasteiger partial charge >= 0.3 is 0 Å². The molecule has 0 aliphatic rings. The van der Waals surface area contributed by atoms with Crippen LogP contribution in [0.25, 0.3) is 10.7 Å². The Morgan fingerprint density at radius 3 is 3.12 bits per heavy atom. The van der Waals surface area contributed by atoms with Crippen LogP contribution in [0.2, 0.25) is 0 Å². The van der Waals surface area contributed by atoms with Gasteiger partial charge in [-0.2, -0.15) is 4.98 Å². The fourth-order valence-electron chi connectivity index (χ4n) is 1.48. The minimum Gasteiger partial charge on any atom is -0.393 e. The van der Waals surface area contributed by atoms with Crippen molar-refractivity contribution in [3.05, 3.63) is 23.4 Å². The van der Waals surface area contributed by atoms with Gasteiger partial charge in [-0.15, -0.1) is 11.3 Å². The Kier molecular flexibility index (Phi) is 3.69. The van der Waals surface area contributed by atoms with Crippen molar-refractivity contribution in [2.75, 3.05) is 0 Å². The van der Waals surface area contributed by atoms with Gasteiger partial charge in [0.25, 0.3) is 0 Å². The van der Waals surface area contributed by atoms with Gasteiger partial charge < -0.3 is 9.63 Å². The van der Waals surface area contributed by atoms with Gasteiger partial charge in [0, 0.05) is 0 Å². The van der Waals surface area contributed by atoms with Crippen LogP contribution in [-0.2, 0) is 6.42 Å². The molecule has 0 amide bonds. The average molecular weight is 238 g/mol. The second-order valence-electron chi connectivity index (χ2n) is 3.64. The van der Waals surface area contributed by atoms with Gasteiger partial charge in [0.15, 0.2) is 0 Å². The Balaban J connectivity index is 2.03. The summed E-state index contributed by atoms with van der Waals surface area (Å²) in [4.78, 5) is 5.23. The van der Waals surface area contributed by atoms with Gasteiger partial charge in [-0.05, 0) is 17.9 Å². The van der Waals surface area contributed by atoms with Crippen LogP contribution in [0.15, 0.2) is 22.0 Å². The van der Waals surface area contributed by atoms with Crippen molar-refractivity contribution >= 4 is 11.3 Å². The summed E-state index contributed by atoms with van der Waals surface area (Å²) in [6.45, 7) is 2.04. The highest BCUT2D eigenvalue weighted by Gasteiger charge is 2.12. The van der Waals surface area contributed by atoms with E-state index in [1.54, 1.807) is 11.3 Å². The molecule has 1 atom stereocenters. The van der Waals surface area contributed by atoms with Crippen LogP contribution in [0.4, 0.5) is 0 Å². The molecule has 2 aromatic heterocycles. The maximum Gasteiger partial charge on any atom is 0.229 e. The van der Waals surface area contributed by atoms with E-state index < -0.39 is 0 Å². The lowest BCUT2D eigenvalue weighted by Crippen LogP contribution is -2.09. The number of hydrogen-bond donors (Lipinski definition) is 1. The first-order valence-electron chi connectivity index (χ1n) is 5.34. The van der Waals surface area contributed by atoms with Crippen molar-refractivity contribution in [3.8, 4) is 10.7 Å². The van der Waals surface area contributed by atoms with Crippen LogP contribution in [0.5, 0.6) is 0 Å². The van der Waals surface area contributed by atoms with E-state index in [9.17, 15) is 5.11 Å². The van der Waals surface area contributed by atoms with E-state index in [0.717, 1.165) is 17.7 Å². The lowest BCUT2D eigenvalue weighted by Gasteiger charge is -2.03. The van der Waals surface area contributed by atoms with E-state index >= 15 is 0 Å². The summed E-state index contributed by atoms with van der Waals surface area (Å²) >= 11 is 1.57. The Hall–Kier alpha value is -1.20. The third-order valence-electron chi connectivity index (χ3n) is 2.24. The average Bonchev–Trinajstić information content (AvgIpc) is 2.86. The molecule has 0 radical (unpaired) electrons. The summed E-state index contributed by atoms with van der Waals surface area (Å²) in [7, 11) is 0. The first-order valence-corrected chi connectivity index (χ1v) is 6.22. The van der Waals surface area contributed by atoms with E-state index in [1.807, 2.05) is 24.4 Å². The number of aliphatic hydroxyl groups is 1. The molecular weight excluding hydrogens is 224 g/mol. The summed E-state index contributed by atoms with van der Waals surface area (Å²) in [5, 5.41) is 15.5. The molecule has 2 rings (SSSR count). The largest absolute Gasteiger partial charge is 0.393 e. The first kappa shape index (κ1) is 11.3. The summed E-state index contributed by atoms with van der Waals surface area (Å²) in [6, 6.07) is 3.89. The first-order chi connectivity index (χ1) is 7.79. The third kappa shape index (κ3) is 2.68. The van der Waals surface area contributed by atoms with Gasteiger partial charge in [-0.25, -0.2) is 0 Å². The van der Waals surface area contributed by atoms with Crippen molar-refractivity contribution in [1.29, 1.82) is 0 Å². The van der Waals surface area contributed by atoms with Crippen molar-refractivity contribution in [3.63, 3.8) is 0 Å². The minimum atomic E-state index is -0.387. The second-order valence-corrected chi connectivity index (χ2v) is 4.58. The number of aliphatic hydroxyl groups excluding tert-OH is 1. The number of nitrogens with zero attached hydrogens (tertiary/aromatic N) is 2. The van der Waals surface area contributed by atoms with Crippen LogP contribution in [0.3, 0.4) is 0 Å². The van der Waals surface area contributed by atoms with Crippen LogP contribution in [-0.4, -0.2) is 21.4 Å². The molecule has 16 heavy (non-hydrogen) atoms. The third-order valence-corrected chi connectivity index (χ3v) is 3.11. The molecule has 0 aliphatic carbocycles. The summed E-state index contributed by atoms with van der Waals surface area (Å²) in [5.74, 6) is 1.11. The summed E-state index contributed by atoms with van der Waals surface area (Å²) < 4.78 is 5.09. The maximum absolute atomic E-state index is 9.62. The van der Waals surface area contributed by atoms with E-state index in [1.165, 1.54) is 0 Å². The number of rotatable bonds is 5. The molecule has 0 saturated heterocycles. The smallest absolute Gasteiger partial charge is 0.229 e. The number of hydrogen-bond acceptors (Lipinski definition) is 5. The lowest BCUT2D eigenvalue weighted by molar-refractivity contribution is 0.152. The zero-order valence-electron chi connectivity index (χ0n) is 9.09. The van der Waals surface area contributed by atoms with E-state index in [4.69, 9.17) is 4.52 Å². The van der Waals surface area contributed by atoms with Crippen molar-refractivity contribution < 1.29 is 9.63 Å². The molecule has 2 heterocycles. The molecular formula is C11H14N2O2S. The normalized spacial score (nSPS) is 12.9. The van der Waals surface area contributed by atoms with Gasteiger partial charge in [0.05, 0.1) is 17.4 Å². The van der Waals surface area contributed by atoms with Crippen LogP contribution < -0.4 is 0 Å². The topological polar surface area (TPSA) is 59.2 Å². The lowest BCUT2D eigenvalue weighted by atomic mass is 10.1. The Morgan fingerprint density at radius 1 is 1.56 bits per heavy atom. The predicted molar refractivity (Wildman–Crippen MR) is 62.2 cm³/mol. The van der Waals surface area contributed by atoms with Crippen molar-refractivity contribution in [1.82, 2.24) is 10.1 Å². The highest BCUT2D eigenvalue weighted by molar-refractivity contribution is 7.13. The fourth-order valence-corrected chi connectivity index (χ4v) is 2.13. The Morgan fingerprint density at radius 2 is 2.44 bits per heavy atom. The SMILES string of the molecule is CCCC(O)Cc1nc(-c2cccs2)no1. The molecule has 0 fully saturated rings. The van der Waals surface area contributed by atoms with Crippen molar-refractivity contribution in [2.45, 2.75) is 32.3 Å². The predicted octanol–water partition coefficient (Wildman–Crippen LogP) is 2.50. The van der Waals surface area contributed by atoms with Gasteiger partial charge in [-0.3, -0.25) is 0 Å². The highest BCUT2D eigenvalue weighted by atomic mass is 32.1. The standard InChI is InChI=1S/C11H14N2O2S/c1-2-4-8(14)7-10-12-11(13-15-10)9-5-3-6-16-9/h3,5-6,8,14H,2,4,7H2,1H3. The quantitative estimate of drug-likeness (QED) is 0.869.